The summed E-state index contributed by atoms with van der Waals surface area (Å²) in [6.45, 7) is 3.99. The summed E-state index contributed by atoms with van der Waals surface area (Å²) < 4.78 is 0. The third-order valence-electron chi connectivity index (χ3n) is 5.29. The molecule has 7 heteroatoms. The standard InChI is InChI=1S/C21H24N4O2S/c26-20(18-4-2-1-3-5-18)25-16-28-15-19(25)21(27)24-12-10-23(11-13-24)14-17-6-8-22-9-7-17/h1-9,19H,10-16H2. The number of nitrogens with zero attached hydrogens (tertiary/aromatic N) is 4. The van der Waals surface area contributed by atoms with Crippen LogP contribution in [0.25, 0.3) is 0 Å². The van der Waals surface area contributed by atoms with E-state index in [0.29, 0.717) is 30.3 Å². The van der Waals surface area contributed by atoms with E-state index >= 15 is 0 Å². The first-order valence-electron chi connectivity index (χ1n) is 9.56. The highest BCUT2D eigenvalue weighted by Gasteiger charge is 2.38. The summed E-state index contributed by atoms with van der Waals surface area (Å²) in [5.41, 5.74) is 1.88. The van der Waals surface area contributed by atoms with Gasteiger partial charge in [0.2, 0.25) is 5.91 Å². The Kier molecular flexibility index (Phi) is 5.92. The highest BCUT2D eigenvalue weighted by molar-refractivity contribution is 7.99. The van der Waals surface area contributed by atoms with Crippen molar-refractivity contribution in [2.24, 2.45) is 0 Å². The predicted octanol–water partition coefficient (Wildman–Crippen LogP) is 1.94. The molecule has 6 nitrogen and oxygen atoms in total. The lowest BCUT2D eigenvalue weighted by atomic mass is 10.1. The molecular weight excluding hydrogens is 372 g/mol. The summed E-state index contributed by atoms with van der Waals surface area (Å²) in [5.74, 6) is 1.28. The molecule has 2 amide bonds. The van der Waals surface area contributed by atoms with Gasteiger partial charge in [-0.2, -0.15) is 0 Å². The van der Waals surface area contributed by atoms with Crippen molar-refractivity contribution in [2.45, 2.75) is 12.6 Å². The van der Waals surface area contributed by atoms with Gasteiger partial charge in [-0.3, -0.25) is 19.5 Å². The highest BCUT2D eigenvalue weighted by Crippen LogP contribution is 2.25. The third kappa shape index (κ3) is 4.20. The summed E-state index contributed by atoms with van der Waals surface area (Å²) in [7, 11) is 0. The Morgan fingerprint density at radius 2 is 1.71 bits per heavy atom. The van der Waals surface area contributed by atoms with Gasteiger partial charge in [-0.15, -0.1) is 11.8 Å². The zero-order chi connectivity index (χ0) is 19.3. The molecule has 146 valence electrons. The maximum absolute atomic E-state index is 13.1. The number of carbonyl (C=O) groups excluding carboxylic acids is 2. The zero-order valence-corrected chi connectivity index (χ0v) is 16.6. The van der Waals surface area contributed by atoms with Crippen molar-refractivity contribution in [3.8, 4) is 0 Å². The van der Waals surface area contributed by atoms with Crippen LogP contribution in [0.15, 0.2) is 54.9 Å². The monoisotopic (exact) mass is 396 g/mol. The molecule has 28 heavy (non-hydrogen) atoms. The second-order valence-corrected chi connectivity index (χ2v) is 8.11. The number of piperazine rings is 1. The van der Waals surface area contributed by atoms with E-state index in [1.807, 2.05) is 59.8 Å². The summed E-state index contributed by atoms with van der Waals surface area (Å²) in [5, 5.41) is 0. The Labute approximate surface area is 169 Å². The SMILES string of the molecule is O=C(C1CSCN1C(=O)c1ccccc1)N1CCN(Cc2ccncc2)CC1. The van der Waals surface area contributed by atoms with Crippen molar-refractivity contribution in [1.82, 2.24) is 19.7 Å². The molecule has 1 aromatic heterocycles. The first kappa shape index (κ1) is 19.0. The van der Waals surface area contributed by atoms with Crippen molar-refractivity contribution >= 4 is 23.6 Å². The van der Waals surface area contributed by atoms with Gasteiger partial charge in [-0.25, -0.2) is 0 Å². The fraction of sp³-hybridized carbons (Fsp3) is 0.381. The van der Waals surface area contributed by atoms with Crippen LogP contribution in [0.5, 0.6) is 0 Å². The van der Waals surface area contributed by atoms with Crippen LogP contribution in [-0.4, -0.2) is 75.3 Å². The van der Waals surface area contributed by atoms with E-state index in [0.717, 1.165) is 19.6 Å². The first-order valence-corrected chi connectivity index (χ1v) is 10.7. The minimum absolute atomic E-state index is 0.0553. The smallest absolute Gasteiger partial charge is 0.255 e. The molecule has 1 unspecified atom stereocenters. The maximum Gasteiger partial charge on any atom is 0.255 e. The van der Waals surface area contributed by atoms with Gasteiger partial charge < -0.3 is 9.80 Å². The molecule has 2 aliphatic rings. The molecule has 1 atom stereocenters. The number of benzene rings is 1. The number of rotatable bonds is 4. The van der Waals surface area contributed by atoms with E-state index in [9.17, 15) is 9.59 Å². The second kappa shape index (κ2) is 8.75. The summed E-state index contributed by atoms with van der Waals surface area (Å²) in [4.78, 5) is 36.0. The van der Waals surface area contributed by atoms with Gasteiger partial charge in [0.1, 0.15) is 6.04 Å². The van der Waals surface area contributed by atoms with Crippen LogP contribution in [0.3, 0.4) is 0 Å². The molecule has 0 spiro atoms. The van der Waals surface area contributed by atoms with Crippen LogP contribution >= 0.6 is 11.8 Å². The highest BCUT2D eigenvalue weighted by atomic mass is 32.2. The number of hydrogen-bond donors (Lipinski definition) is 0. The van der Waals surface area contributed by atoms with Crippen molar-refractivity contribution < 1.29 is 9.59 Å². The van der Waals surface area contributed by atoms with Crippen molar-refractivity contribution in [2.75, 3.05) is 37.8 Å². The normalized spacial score (nSPS) is 20.4. The first-order chi connectivity index (χ1) is 13.7. The summed E-state index contributed by atoms with van der Waals surface area (Å²) in [6, 6.07) is 12.9. The third-order valence-corrected chi connectivity index (χ3v) is 6.30. The minimum atomic E-state index is -0.357. The van der Waals surface area contributed by atoms with Gasteiger partial charge in [0.05, 0.1) is 5.88 Å². The molecule has 4 rings (SSSR count). The van der Waals surface area contributed by atoms with Gasteiger partial charge >= 0.3 is 0 Å². The molecule has 2 aliphatic heterocycles. The average Bonchev–Trinajstić information content (AvgIpc) is 3.24. The van der Waals surface area contributed by atoms with Gasteiger partial charge in [-0.05, 0) is 29.8 Å². The molecule has 0 radical (unpaired) electrons. The Balaban J connectivity index is 1.35. The van der Waals surface area contributed by atoms with E-state index in [-0.39, 0.29) is 17.9 Å². The summed E-state index contributed by atoms with van der Waals surface area (Å²) in [6.07, 6.45) is 3.62. The van der Waals surface area contributed by atoms with Crippen LogP contribution in [0.4, 0.5) is 0 Å². The van der Waals surface area contributed by atoms with Crippen LogP contribution < -0.4 is 0 Å². The molecule has 1 aromatic carbocycles. The van der Waals surface area contributed by atoms with E-state index in [1.54, 1.807) is 16.7 Å². The number of hydrogen-bond acceptors (Lipinski definition) is 5. The molecule has 0 bridgehead atoms. The quantitative estimate of drug-likeness (QED) is 0.791. The zero-order valence-electron chi connectivity index (χ0n) is 15.7. The molecule has 0 saturated carbocycles. The Hall–Kier alpha value is -2.38. The summed E-state index contributed by atoms with van der Waals surface area (Å²) >= 11 is 1.65. The fourth-order valence-electron chi connectivity index (χ4n) is 3.68. The molecule has 2 aromatic rings. The van der Waals surface area contributed by atoms with Crippen molar-refractivity contribution in [3.63, 3.8) is 0 Å². The average molecular weight is 397 g/mol. The minimum Gasteiger partial charge on any atom is -0.338 e. The molecule has 3 heterocycles. The van der Waals surface area contributed by atoms with E-state index in [1.165, 1.54) is 5.56 Å². The largest absolute Gasteiger partial charge is 0.338 e. The van der Waals surface area contributed by atoms with Crippen molar-refractivity contribution in [3.05, 3.63) is 66.0 Å². The number of pyridine rings is 1. The number of aromatic nitrogens is 1. The Morgan fingerprint density at radius 3 is 2.43 bits per heavy atom. The molecular formula is C21H24N4O2S. The lowest BCUT2D eigenvalue weighted by molar-refractivity contribution is -0.136. The van der Waals surface area contributed by atoms with Crippen LogP contribution in [0, 0.1) is 0 Å². The molecule has 2 fully saturated rings. The van der Waals surface area contributed by atoms with Gasteiger partial charge in [0.15, 0.2) is 0 Å². The molecule has 0 aliphatic carbocycles. The fourth-order valence-corrected chi connectivity index (χ4v) is 4.82. The molecule has 0 N–H and O–H groups in total. The van der Waals surface area contributed by atoms with Gasteiger partial charge in [0.25, 0.3) is 5.91 Å². The van der Waals surface area contributed by atoms with E-state index in [2.05, 4.69) is 9.88 Å². The van der Waals surface area contributed by atoms with E-state index < -0.39 is 0 Å². The predicted molar refractivity (Wildman–Crippen MR) is 110 cm³/mol. The maximum atomic E-state index is 13.1. The Bertz CT molecular complexity index is 810. The van der Waals surface area contributed by atoms with Crippen molar-refractivity contribution in [1.29, 1.82) is 0 Å². The number of carbonyl (C=O) groups is 2. The topological polar surface area (TPSA) is 56.8 Å². The van der Waals surface area contributed by atoms with Crippen LogP contribution in [-0.2, 0) is 11.3 Å². The van der Waals surface area contributed by atoms with Gasteiger partial charge in [0, 0.05) is 56.4 Å². The van der Waals surface area contributed by atoms with E-state index in [4.69, 9.17) is 0 Å². The van der Waals surface area contributed by atoms with Crippen LogP contribution in [0.2, 0.25) is 0 Å². The second-order valence-electron chi connectivity index (χ2n) is 7.11. The Morgan fingerprint density at radius 1 is 1.00 bits per heavy atom. The lowest BCUT2D eigenvalue weighted by Crippen LogP contribution is -2.54. The number of amides is 2. The molecule has 2 saturated heterocycles. The lowest BCUT2D eigenvalue weighted by Gasteiger charge is -2.37. The van der Waals surface area contributed by atoms with Gasteiger partial charge in [-0.1, -0.05) is 18.2 Å². The number of thioether (sulfide) groups is 1. The van der Waals surface area contributed by atoms with Crippen LogP contribution in [0.1, 0.15) is 15.9 Å².